The molecular weight excluding hydrogens is 429 g/mol. The highest BCUT2D eigenvalue weighted by molar-refractivity contribution is 5.98. The van der Waals surface area contributed by atoms with E-state index in [9.17, 15) is 14.0 Å². The van der Waals surface area contributed by atoms with Gasteiger partial charge in [-0.05, 0) is 61.6 Å². The summed E-state index contributed by atoms with van der Waals surface area (Å²) in [6.07, 6.45) is 4.42. The van der Waals surface area contributed by atoms with Crippen LogP contribution in [-0.2, 0) is 17.8 Å². The minimum atomic E-state index is -0.346. The van der Waals surface area contributed by atoms with E-state index in [-0.39, 0.29) is 30.0 Å². The fourth-order valence-electron chi connectivity index (χ4n) is 5.32. The van der Waals surface area contributed by atoms with Crippen LogP contribution in [0.4, 0.5) is 10.1 Å². The van der Waals surface area contributed by atoms with Gasteiger partial charge in [0.15, 0.2) is 11.5 Å². The Labute approximate surface area is 201 Å². The van der Waals surface area contributed by atoms with Gasteiger partial charge >= 0.3 is 0 Å². The summed E-state index contributed by atoms with van der Waals surface area (Å²) in [7, 11) is 0. The van der Waals surface area contributed by atoms with Crippen LogP contribution in [0.3, 0.4) is 0 Å². The SMILES string of the molecule is [C-]#[N+]c1cccc(C(=O)Cc2cc(F)cc(CN3CCN(C(=O)C4CCCC4)[C@@H](C)C3)c2C)c1. The second-order valence-electron chi connectivity index (χ2n) is 9.71. The van der Waals surface area contributed by atoms with Crippen LogP contribution in [0, 0.1) is 25.2 Å². The number of amides is 1. The minimum absolute atomic E-state index is 0.0954. The van der Waals surface area contributed by atoms with Crippen LogP contribution in [0.25, 0.3) is 4.85 Å². The van der Waals surface area contributed by atoms with E-state index in [1.54, 1.807) is 30.3 Å². The Bertz CT molecular complexity index is 1120. The predicted octanol–water partition coefficient (Wildman–Crippen LogP) is 5.33. The first-order valence-electron chi connectivity index (χ1n) is 12.2. The number of piperazine rings is 1. The quantitative estimate of drug-likeness (QED) is 0.431. The van der Waals surface area contributed by atoms with Gasteiger partial charge in [-0.1, -0.05) is 31.0 Å². The predicted molar refractivity (Wildman–Crippen MR) is 130 cm³/mol. The van der Waals surface area contributed by atoms with Crippen molar-refractivity contribution in [3.05, 3.63) is 75.9 Å². The van der Waals surface area contributed by atoms with Gasteiger partial charge in [-0.2, -0.15) is 0 Å². The van der Waals surface area contributed by atoms with Crippen LogP contribution in [0.2, 0.25) is 0 Å². The van der Waals surface area contributed by atoms with Gasteiger partial charge < -0.3 is 4.90 Å². The van der Waals surface area contributed by atoms with Crippen molar-refractivity contribution in [2.24, 2.45) is 5.92 Å². The third kappa shape index (κ3) is 5.37. The van der Waals surface area contributed by atoms with Crippen LogP contribution < -0.4 is 0 Å². The standard InChI is InChI=1S/C28H32FN3O2/c1-19-17-31(11-12-32(19)28(34)21-7-4-5-8-21)18-24-14-25(29)13-23(20(24)2)16-27(33)22-9-6-10-26(15-22)30-3/h6,9-10,13-15,19,21H,4-5,7-8,11-12,16-18H2,1-2H3/t19-/m0/s1. The molecule has 4 rings (SSSR count). The van der Waals surface area contributed by atoms with Crippen molar-refractivity contribution < 1.29 is 14.0 Å². The topological polar surface area (TPSA) is 45.0 Å². The number of halogens is 1. The minimum Gasteiger partial charge on any atom is -0.337 e. The zero-order valence-electron chi connectivity index (χ0n) is 20.0. The summed E-state index contributed by atoms with van der Waals surface area (Å²) in [5, 5.41) is 0. The molecule has 1 amide bonds. The Morgan fingerprint density at radius 1 is 1.12 bits per heavy atom. The van der Waals surface area contributed by atoms with Gasteiger partial charge in [-0.3, -0.25) is 14.5 Å². The summed E-state index contributed by atoms with van der Waals surface area (Å²) >= 11 is 0. The van der Waals surface area contributed by atoms with E-state index in [1.807, 2.05) is 11.8 Å². The Hall–Kier alpha value is -3.04. The second kappa shape index (κ2) is 10.5. The van der Waals surface area contributed by atoms with Crippen molar-refractivity contribution in [3.63, 3.8) is 0 Å². The monoisotopic (exact) mass is 461 g/mol. The molecule has 0 radical (unpaired) electrons. The molecule has 6 heteroatoms. The number of nitrogens with zero attached hydrogens (tertiary/aromatic N) is 3. The van der Waals surface area contributed by atoms with E-state index in [1.165, 1.54) is 6.07 Å². The molecule has 1 aliphatic heterocycles. The van der Waals surface area contributed by atoms with E-state index >= 15 is 0 Å². The lowest BCUT2D eigenvalue weighted by molar-refractivity contribution is -0.140. The molecule has 0 spiro atoms. The van der Waals surface area contributed by atoms with Crippen molar-refractivity contribution in [1.82, 2.24) is 9.80 Å². The van der Waals surface area contributed by atoms with Crippen LogP contribution in [0.5, 0.6) is 0 Å². The van der Waals surface area contributed by atoms with Crippen LogP contribution in [0.1, 0.15) is 59.7 Å². The summed E-state index contributed by atoms with van der Waals surface area (Å²) in [6, 6.07) is 9.77. The molecule has 0 N–H and O–H groups in total. The molecule has 2 aromatic carbocycles. The fraction of sp³-hybridized carbons (Fsp3) is 0.464. The molecule has 2 aromatic rings. The summed E-state index contributed by atoms with van der Waals surface area (Å²) < 4.78 is 14.5. The molecule has 178 valence electrons. The molecule has 0 unspecified atom stereocenters. The highest BCUT2D eigenvalue weighted by atomic mass is 19.1. The molecule has 0 bridgehead atoms. The highest BCUT2D eigenvalue weighted by Gasteiger charge is 2.33. The summed E-state index contributed by atoms with van der Waals surface area (Å²) in [6.45, 7) is 14.0. The maximum absolute atomic E-state index is 14.5. The first kappa shape index (κ1) is 24.1. The number of hydrogen-bond acceptors (Lipinski definition) is 3. The van der Waals surface area contributed by atoms with Gasteiger partial charge in [0.2, 0.25) is 5.91 Å². The molecule has 1 saturated heterocycles. The van der Waals surface area contributed by atoms with Crippen molar-refractivity contribution in [3.8, 4) is 0 Å². The van der Waals surface area contributed by atoms with Crippen molar-refractivity contribution >= 4 is 17.4 Å². The highest BCUT2D eigenvalue weighted by Crippen LogP contribution is 2.28. The van der Waals surface area contributed by atoms with Crippen LogP contribution in [0.15, 0.2) is 36.4 Å². The smallest absolute Gasteiger partial charge is 0.226 e. The van der Waals surface area contributed by atoms with Gasteiger partial charge in [0.05, 0.1) is 6.57 Å². The largest absolute Gasteiger partial charge is 0.337 e. The Balaban J connectivity index is 1.43. The lowest BCUT2D eigenvalue weighted by atomic mass is 9.95. The average Bonchev–Trinajstić information content (AvgIpc) is 3.37. The first-order chi connectivity index (χ1) is 16.4. The van der Waals surface area contributed by atoms with E-state index in [4.69, 9.17) is 6.57 Å². The number of carbonyl (C=O) groups excluding carboxylic acids is 2. The molecular formula is C28H32FN3O2. The van der Waals surface area contributed by atoms with Crippen LogP contribution in [-0.4, -0.2) is 47.2 Å². The third-order valence-electron chi connectivity index (χ3n) is 7.33. The van der Waals surface area contributed by atoms with E-state index < -0.39 is 0 Å². The molecule has 2 aliphatic rings. The number of benzene rings is 2. The maximum atomic E-state index is 14.5. The van der Waals surface area contributed by atoms with Gasteiger partial charge in [0.25, 0.3) is 0 Å². The summed E-state index contributed by atoms with van der Waals surface area (Å²) in [5.41, 5.74) is 3.36. The fourth-order valence-corrected chi connectivity index (χ4v) is 5.32. The molecule has 1 atom stereocenters. The molecule has 1 aliphatic carbocycles. The van der Waals surface area contributed by atoms with Crippen molar-refractivity contribution in [1.29, 1.82) is 0 Å². The van der Waals surface area contributed by atoms with E-state index in [0.717, 1.165) is 49.9 Å². The molecule has 1 saturated carbocycles. The molecule has 5 nitrogen and oxygen atoms in total. The maximum Gasteiger partial charge on any atom is 0.226 e. The van der Waals surface area contributed by atoms with Crippen LogP contribution >= 0.6 is 0 Å². The van der Waals surface area contributed by atoms with E-state index in [0.29, 0.717) is 35.8 Å². The molecule has 1 heterocycles. The summed E-state index contributed by atoms with van der Waals surface area (Å²) in [5.74, 6) is 0.0175. The van der Waals surface area contributed by atoms with Gasteiger partial charge in [-0.15, -0.1) is 0 Å². The zero-order valence-corrected chi connectivity index (χ0v) is 20.0. The number of hydrogen-bond donors (Lipinski definition) is 0. The number of carbonyl (C=O) groups is 2. The average molecular weight is 462 g/mol. The van der Waals surface area contributed by atoms with Gasteiger partial charge in [0, 0.05) is 50.1 Å². The number of ketones is 1. The van der Waals surface area contributed by atoms with E-state index in [2.05, 4.69) is 16.7 Å². The lowest BCUT2D eigenvalue weighted by Gasteiger charge is -2.41. The van der Waals surface area contributed by atoms with Crippen molar-refractivity contribution in [2.75, 3.05) is 19.6 Å². The first-order valence-corrected chi connectivity index (χ1v) is 12.2. The molecule has 0 aromatic heterocycles. The number of rotatable bonds is 6. The zero-order chi connectivity index (χ0) is 24.2. The van der Waals surface area contributed by atoms with Crippen molar-refractivity contribution in [2.45, 2.75) is 58.5 Å². The normalized spacial score (nSPS) is 19.2. The molecule has 2 fully saturated rings. The second-order valence-corrected chi connectivity index (χ2v) is 9.71. The lowest BCUT2D eigenvalue weighted by Crippen LogP contribution is -2.54. The van der Waals surface area contributed by atoms with Gasteiger partial charge in [0.1, 0.15) is 5.82 Å². The Morgan fingerprint density at radius 2 is 1.85 bits per heavy atom. The number of Topliss-reactive ketones (excluding diaryl/α,β-unsaturated/α-hetero) is 1. The summed E-state index contributed by atoms with van der Waals surface area (Å²) in [4.78, 5) is 33.4. The van der Waals surface area contributed by atoms with Gasteiger partial charge in [-0.25, -0.2) is 9.24 Å². The Kier molecular flexibility index (Phi) is 7.43. The Morgan fingerprint density at radius 3 is 2.56 bits per heavy atom. The third-order valence-corrected chi connectivity index (χ3v) is 7.33. The molecule has 34 heavy (non-hydrogen) atoms.